The number of fused-ring (bicyclic) bond motifs is 1. The molecule has 2 rings (SSSR count). The fraction of sp³-hybridized carbons (Fsp3) is 0.333. The summed E-state index contributed by atoms with van der Waals surface area (Å²) in [7, 11) is 2.81. The standard InChI is InChI=1S/C18H22N2O4/c1-11-9-13-7-5-6-8-14(13)17(20-15(21)10-23-3)16(11)19-12(2)18(22)24-4/h5-9,12,19H,10H2,1-4H3,(H,20,21). The fourth-order valence-corrected chi connectivity index (χ4v) is 2.56. The maximum atomic E-state index is 12.0. The zero-order chi connectivity index (χ0) is 17.7. The second kappa shape index (κ2) is 7.79. The second-order valence-electron chi connectivity index (χ2n) is 5.53. The zero-order valence-electron chi connectivity index (χ0n) is 14.3. The van der Waals surface area contributed by atoms with E-state index in [-0.39, 0.29) is 18.5 Å². The van der Waals surface area contributed by atoms with Crippen molar-refractivity contribution in [3.8, 4) is 0 Å². The number of methoxy groups -OCH3 is 2. The van der Waals surface area contributed by atoms with Crippen molar-refractivity contribution in [2.24, 2.45) is 0 Å². The molecule has 0 fully saturated rings. The van der Waals surface area contributed by atoms with E-state index in [1.54, 1.807) is 6.92 Å². The number of nitrogens with one attached hydrogen (secondary N) is 2. The van der Waals surface area contributed by atoms with E-state index in [4.69, 9.17) is 9.47 Å². The van der Waals surface area contributed by atoms with Crippen molar-refractivity contribution < 1.29 is 19.1 Å². The van der Waals surface area contributed by atoms with Gasteiger partial charge in [0.15, 0.2) is 0 Å². The molecular weight excluding hydrogens is 308 g/mol. The number of hydrogen-bond acceptors (Lipinski definition) is 5. The molecule has 2 aromatic rings. The summed E-state index contributed by atoms with van der Waals surface area (Å²) >= 11 is 0. The van der Waals surface area contributed by atoms with Crippen LogP contribution in [0.5, 0.6) is 0 Å². The molecule has 24 heavy (non-hydrogen) atoms. The molecule has 1 atom stereocenters. The van der Waals surface area contributed by atoms with E-state index < -0.39 is 6.04 Å². The van der Waals surface area contributed by atoms with E-state index in [1.807, 2.05) is 37.3 Å². The smallest absolute Gasteiger partial charge is 0.327 e. The highest BCUT2D eigenvalue weighted by Crippen LogP contribution is 2.35. The number of carbonyl (C=O) groups is 2. The molecule has 6 nitrogen and oxygen atoms in total. The first-order valence-electron chi connectivity index (χ1n) is 7.63. The van der Waals surface area contributed by atoms with Crippen LogP contribution in [0.2, 0.25) is 0 Å². The third kappa shape index (κ3) is 3.83. The van der Waals surface area contributed by atoms with Crippen LogP contribution < -0.4 is 10.6 Å². The lowest BCUT2D eigenvalue weighted by Crippen LogP contribution is -2.28. The monoisotopic (exact) mass is 330 g/mol. The molecule has 2 aromatic carbocycles. The van der Waals surface area contributed by atoms with Gasteiger partial charge in [0.1, 0.15) is 12.6 Å². The Morgan fingerprint density at radius 2 is 1.88 bits per heavy atom. The topological polar surface area (TPSA) is 76.7 Å². The third-order valence-electron chi connectivity index (χ3n) is 3.70. The van der Waals surface area contributed by atoms with Crippen LogP contribution in [0.4, 0.5) is 11.4 Å². The molecule has 0 aromatic heterocycles. The van der Waals surface area contributed by atoms with Crippen LogP contribution >= 0.6 is 0 Å². The summed E-state index contributed by atoms with van der Waals surface area (Å²) in [6.45, 7) is 3.58. The van der Waals surface area contributed by atoms with Crippen molar-refractivity contribution in [2.75, 3.05) is 31.5 Å². The molecule has 0 radical (unpaired) electrons. The quantitative estimate of drug-likeness (QED) is 0.797. The van der Waals surface area contributed by atoms with E-state index >= 15 is 0 Å². The Morgan fingerprint density at radius 3 is 2.54 bits per heavy atom. The molecule has 1 amide bonds. The van der Waals surface area contributed by atoms with E-state index in [2.05, 4.69) is 10.6 Å². The van der Waals surface area contributed by atoms with E-state index in [9.17, 15) is 9.59 Å². The van der Waals surface area contributed by atoms with Crippen LogP contribution in [-0.4, -0.2) is 38.7 Å². The van der Waals surface area contributed by atoms with E-state index in [0.717, 1.165) is 16.3 Å². The lowest BCUT2D eigenvalue weighted by atomic mass is 10.0. The van der Waals surface area contributed by atoms with Crippen molar-refractivity contribution in [3.63, 3.8) is 0 Å². The first-order valence-corrected chi connectivity index (χ1v) is 7.63. The Balaban J connectivity index is 2.52. The maximum absolute atomic E-state index is 12.0. The molecule has 0 saturated heterocycles. The van der Waals surface area contributed by atoms with Gasteiger partial charge in [0.2, 0.25) is 5.91 Å². The summed E-state index contributed by atoms with van der Waals surface area (Å²) in [6, 6.07) is 9.19. The van der Waals surface area contributed by atoms with Gasteiger partial charge in [-0.2, -0.15) is 0 Å². The molecule has 128 valence electrons. The molecule has 1 unspecified atom stereocenters. The first kappa shape index (κ1) is 17.7. The van der Waals surface area contributed by atoms with Gasteiger partial charge in [-0.3, -0.25) is 4.79 Å². The summed E-state index contributed by atoms with van der Waals surface area (Å²) in [5.41, 5.74) is 2.23. The Morgan fingerprint density at radius 1 is 1.17 bits per heavy atom. The number of rotatable bonds is 6. The molecule has 0 spiro atoms. The molecule has 0 aliphatic rings. The minimum absolute atomic E-state index is 0.0474. The Labute approximate surface area is 141 Å². The lowest BCUT2D eigenvalue weighted by molar-refractivity contribution is -0.141. The average molecular weight is 330 g/mol. The van der Waals surface area contributed by atoms with Gasteiger partial charge in [0.25, 0.3) is 0 Å². The summed E-state index contributed by atoms with van der Waals surface area (Å²) in [5, 5.41) is 7.90. The van der Waals surface area contributed by atoms with Crippen molar-refractivity contribution in [1.82, 2.24) is 0 Å². The van der Waals surface area contributed by atoms with Crippen molar-refractivity contribution in [2.45, 2.75) is 19.9 Å². The molecule has 6 heteroatoms. The Hall–Kier alpha value is -2.60. The van der Waals surface area contributed by atoms with Gasteiger partial charge in [-0.1, -0.05) is 24.3 Å². The van der Waals surface area contributed by atoms with Crippen molar-refractivity contribution >= 4 is 34.0 Å². The number of benzene rings is 2. The number of carbonyl (C=O) groups excluding carboxylic acids is 2. The van der Waals surface area contributed by atoms with Gasteiger partial charge in [0.05, 0.1) is 18.5 Å². The predicted molar refractivity (Wildman–Crippen MR) is 94.3 cm³/mol. The highest BCUT2D eigenvalue weighted by atomic mass is 16.5. The van der Waals surface area contributed by atoms with E-state index in [0.29, 0.717) is 11.4 Å². The summed E-state index contributed by atoms with van der Waals surface area (Å²) in [5.74, 6) is -0.640. The predicted octanol–water partition coefficient (Wildman–Crippen LogP) is 2.71. The minimum Gasteiger partial charge on any atom is -0.467 e. The van der Waals surface area contributed by atoms with Crippen LogP contribution in [0.1, 0.15) is 12.5 Å². The van der Waals surface area contributed by atoms with Crippen LogP contribution in [0.3, 0.4) is 0 Å². The number of amides is 1. The SMILES string of the molecule is COCC(=O)Nc1c(NC(C)C(=O)OC)c(C)cc2ccccc12. The van der Waals surface area contributed by atoms with Crippen LogP contribution in [-0.2, 0) is 19.1 Å². The molecule has 0 aliphatic heterocycles. The zero-order valence-corrected chi connectivity index (χ0v) is 14.3. The van der Waals surface area contributed by atoms with Crippen LogP contribution in [0.15, 0.2) is 30.3 Å². The van der Waals surface area contributed by atoms with Gasteiger partial charge in [-0.15, -0.1) is 0 Å². The highest BCUT2D eigenvalue weighted by molar-refractivity contribution is 6.08. The van der Waals surface area contributed by atoms with Crippen molar-refractivity contribution in [3.05, 3.63) is 35.9 Å². The van der Waals surface area contributed by atoms with Gasteiger partial charge >= 0.3 is 5.97 Å². The molecule has 0 heterocycles. The summed E-state index contributed by atoms with van der Waals surface area (Å²) in [6.07, 6.45) is 0. The molecule has 0 aliphatic carbocycles. The number of anilines is 2. The van der Waals surface area contributed by atoms with Gasteiger partial charge in [0, 0.05) is 12.5 Å². The Bertz CT molecular complexity index is 758. The van der Waals surface area contributed by atoms with Gasteiger partial charge < -0.3 is 20.1 Å². The second-order valence-corrected chi connectivity index (χ2v) is 5.53. The number of esters is 1. The van der Waals surface area contributed by atoms with Crippen molar-refractivity contribution in [1.29, 1.82) is 0 Å². The Kier molecular flexibility index (Phi) is 5.76. The van der Waals surface area contributed by atoms with Gasteiger partial charge in [-0.25, -0.2) is 4.79 Å². The van der Waals surface area contributed by atoms with Crippen LogP contribution in [0, 0.1) is 6.92 Å². The number of aryl methyl sites for hydroxylation is 1. The van der Waals surface area contributed by atoms with Gasteiger partial charge in [-0.05, 0) is 30.9 Å². The number of ether oxygens (including phenoxy) is 2. The molecular formula is C18H22N2O4. The maximum Gasteiger partial charge on any atom is 0.327 e. The molecule has 2 N–H and O–H groups in total. The summed E-state index contributed by atoms with van der Waals surface area (Å²) in [4.78, 5) is 23.8. The summed E-state index contributed by atoms with van der Waals surface area (Å²) < 4.78 is 9.65. The van der Waals surface area contributed by atoms with E-state index in [1.165, 1.54) is 14.2 Å². The molecule has 0 saturated carbocycles. The first-order chi connectivity index (χ1) is 11.5. The minimum atomic E-state index is -0.548. The fourth-order valence-electron chi connectivity index (χ4n) is 2.56. The molecule has 0 bridgehead atoms. The number of hydrogen-bond donors (Lipinski definition) is 2. The largest absolute Gasteiger partial charge is 0.467 e. The highest BCUT2D eigenvalue weighted by Gasteiger charge is 2.19. The lowest BCUT2D eigenvalue weighted by Gasteiger charge is -2.21. The van der Waals surface area contributed by atoms with Crippen LogP contribution in [0.25, 0.3) is 10.8 Å². The normalized spacial score (nSPS) is 11.8. The third-order valence-corrected chi connectivity index (χ3v) is 3.70. The average Bonchev–Trinajstić information content (AvgIpc) is 2.57.